The van der Waals surface area contributed by atoms with Crippen molar-refractivity contribution in [3.8, 4) is 0 Å². The zero-order valence-corrected chi connectivity index (χ0v) is 17.4. The van der Waals surface area contributed by atoms with Crippen LogP contribution in [0, 0.1) is 0 Å². The summed E-state index contributed by atoms with van der Waals surface area (Å²) in [6, 6.07) is -1.21. The number of thioether (sulfide) groups is 1. The van der Waals surface area contributed by atoms with E-state index < -0.39 is 23.9 Å². The lowest BCUT2D eigenvalue weighted by atomic mass is 10.1. The van der Waals surface area contributed by atoms with Crippen molar-refractivity contribution < 1.29 is 24.6 Å². The molecule has 0 aromatic heterocycles. The van der Waals surface area contributed by atoms with Crippen molar-refractivity contribution in [2.45, 2.75) is 59.4 Å². The fourth-order valence-corrected chi connectivity index (χ4v) is 3.12. The van der Waals surface area contributed by atoms with Gasteiger partial charge in [0.25, 0.3) is 0 Å². The Kier molecular flexibility index (Phi) is 13.0. The summed E-state index contributed by atoms with van der Waals surface area (Å²) < 4.78 is 0. The number of carboxylic acids is 2. The lowest BCUT2D eigenvalue weighted by Gasteiger charge is -2.12. The molecule has 0 heterocycles. The van der Waals surface area contributed by atoms with E-state index in [-0.39, 0.29) is 5.75 Å². The van der Waals surface area contributed by atoms with Gasteiger partial charge in [-0.15, -0.1) is 0 Å². The van der Waals surface area contributed by atoms with E-state index in [2.05, 4.69) is 32.9 Å². The molecule has 0 rings (SSSR count). The van der Waals surface area contributed by atoms with E-state index in [0.717, 1.165) is 25.7 Å². The fourth-order valence-electron chi connectivity index (χ4n) is 2.12. The van der Waals surface area contributed by atoms with Crippen LogP contribution in [0.3, 0.4) is 0 Å². The number of amides is 1. The summed E-state index contributed by atoms with van der Waals surface area (Å²) in [5, 5.41) is 19.5. The second-order valence-corrected chi connectivity index (χ2v) is 7.74. The summed E-state index contributed by atoms with van der Waals surface area (Å²) in [7, 11) is 0. The monoisotopic (exact) mass is 397 g/mol. The summed E-state index contributed by atoms with van der Waals surface area (Å²) >= 11 is 1.34. The van der Waals surface area contributed by atoms with Crippen LogP contribution in [0.1, 0.15) is 53.4 Å². The highest BCUT2D eigenvalue weighted by Gasteiger charge is 2.22. The van der Waals surface area contributed by atoms with Gasteiger partial charge in [0.05, 0.1) is 0 Å². The summed E-state index contributed by atoms with van der Waals surface area (Å²) in [6.45, 7) is 8.38. The van der Waals surface area contributed by atoms with E-state index in [0.29, 0.717) is 5.75 Å². The third-order valence-electron chi connectivity index (χ3n) is 3.75. The average molecular weight is 398 g/mol. The minimum absolute atomic E-state index is 0.113. The van der Waals surface area contributed by atoms with Crippen molar-refractivity contribution in [3.63, 3.8) is 0 Å². The van der Waals surface area contributed by atoms with Crippen LogP contribution in [0.15, 0.2) is 34.9 Å². The van der Waals surface area contributed by atoms with Gasteiger partial charge >= 0.3 is 17.8 Å². The zero-order chi connectivity index (χ0) is 20.8. The van der Waals surface area contributed by atoms with Gasteiger partial charge in [-0.1, -0.05) is 34.9 Å². The standard InChI is InChI=1S/C20H31NO5S/c1-14(2)7-5-8-15(3)9-6-10-16(4)11-12-27-13-17(19(23)24)21-18(22)20(25)26/h7,9,11,17H,5-6,8,10,12-13H2,1-4H3,(H,21,22)(H,23,24)(H,25,26)/b15-9+,16-11+. The SMILES string of the molecule is CC(C)=CCC/C(C)=C/CC/C(C)=C/CSCC(NC(=O)C(=O)O)C(=O)O. The molecule has 0 fully saturated rings. The van der Waals surface area contributed by atoms with Crippen LogP contribution in [-0.2, 0) is 14.4 Å². The quantitative estimate of drug-likeness (QED) is 0.263. The van der Waals surface area contributed by atoms with Crippen molar-refractivity contribution in [1.29, 1.82) is 0 Å². The van der Waals surface area contributed by atoms with Crippen molar-refractivity contribution in [1.82, 2.24) is 5.32 Å². The summed E-state index contributed by atoms with van der Waals surface area (Å²) in [4.78, 5) is 32.6. The number of allylic oxidation sites excluding steroid dienone is 5. The Balaban J connectivity index is 4.19. The maximum absolute atomic E-state index is 11.1. The number of carboxylic acid groups (broad SMARTS) is 2. The van der Waals surface area contributed by atoms with E-state index in [1.807, 2.05) is 18.3 Å². The predicted molar refractivity (Wildman–Crippen MR) is 110 cm³/mol. The molecule has 3 N–H and O–H groups in total. The molecule has 27 heavy (non-hydrogen) atoms. The number of carbonyl (C=O) groups excluding carboxylic acids is 1. The molecule has 0 aromatic carbocycles. The van der Waals surface area contributed by atoms with Crippen molar-refractivity contribution in [3.05, 3.63) is 34.9 Å². The molecule has 0 saturated carbocycles. The third kappa shape index (κ3) is 13.8. The second kappa shape index (κ2) is 14.1. The molecule has 0 aromatic rings. The van der Waals surface area contributed by atoms with Gasteiger partial charge < -0.3 is 15.5 Å². The van der Waals surface area contributed by atoms with Gasteiger partial charge in [0.2, 0.25) is 0 Å². The molecule has 152 valence electrons. The molecule has 0 radical (unpaired) electrons. The van der Waals surface area contributed by atoms with Crippen LogP contribution >= 0.6 is 11.8 Å². The van der Waals surface area contributed by atoms with Crippen LogP contribution in [0.25, 0.3) is 0 Å². The third-order valence-corrected chi connectivity index (χ3v) is 4.73. The van der Waals surface area contributed by atoms with E-state index in [9.17, 15) is 14.4 Å². The molecule has 6 nitrogen and oxygen atoms in total. The van der Waals surface area contributed by atoms with Crippen LogP contribution in [0.4, 0.5) is 0 Å². The zero-order valence-electron chi connectivity index (χ0n) is 16.6. The molecule has 1 amide bonds. The molecule has 7 heteroatoms. The first-order chi connectivity index (χ1) is 12.6. The minimum Gasteiger partial charge on any atom is -0.480 e. The number of nitrogens with one attached hydrogen (secondary N) is 1. The van der Waals surface area contributed by atoms with Gasteiger partial charge in [-0.05, 0) is 53.4 Å². The normalized spacial score (nSPS) is 13.0. The lowest BCUT2D eigenvalue weighted by Crippen LogP contribution is -2.45. The van der Waals surface area contributed by atoms with Crippen molar-refractivity contribution in [2.24, 2.45) is 0 Å². The summed E-state index contributed by atoms with van der Waals surface area (Å²) in [5.74, 6) is -3.51. The number of rotatable bonds is 12. The summed E-state index contributed by atoms with van der Waals surface area (Å²) in [6.07, 6.45) is 10.6. The van der Waals surface area contributed by atoms with E-state index in [1.165, 1.54) is 28.5 Å². The first kappa shape index (κ1) is 25.0. The minimum atomic E-state index is -1.69. The molecule has 0 aliphatic heterocycles. The maximum atomic E-state index is 11.1. The summed E-state index contributed by atoms with van der Waals surface area (Å²) in [5.41, 5.74) is 3.94. The lowest BCUT2D eigenvalue weighted by molar-refractivity contribution is -0.151. The molecule has 0 bridgehead atoms. The van der Waals surface area contributed by atoms with Gasteiger partial charge in [-0.2, -0.15) is 11.8 Å². The maximum Gasteiger partial charge on any atom is 0.394 e. The van der Waals surface area contributed by atoms with Crippen LogP contribution in [0.2, 0.25) is 0 Å². The molecule has 1 atom stereocenters. The Morgan fingerprint density at radius 3 is 2.00 bits per heavy atom. The fraction of sp³-hybridized carbons (Fsp3) is 0.550. The van der Waals surface area contributed by atoms with Gasteiger partial charge in [-0.3, -0.25) is 4.79 Å². The highest BCUT2D eigenvalue weighted by Crippen LogP contribution is 2.13. The highest BCUT2D eigenvalue weighted by molar-refractivity contribution is 7.99. The molecular weight excluding hydrogens is 366 g/mol. The van der Waals surface area contributed by atoms with Crippen LogP contribution in [-0.4, -0.2) is 45.6 Å². The van der Waals surface area contributed by atoms with Crippen molar-refractivity contribution in [2.75, 3.05) is 11.5 Å². The van der Waals surface area contributed by atoms with Gasteiger partial charge in [-0.25, -0.2) is 9.59 Å². The molecule has 0 aliphatic rings. The number of hydrogen-bond acceptors (Lipinski definition) is 4. The average Bonchev–Trinajstić information content (AvgIpc) is 2.56. The Morgan fingerprint density at radius 1 is 0.926 bits per heavy atom. The highest BCUT2D eigenvalue weighted by atomic mass is 32.2. The van der Waals surface area contributed by atoms with Crippen molar-refractivity contribution >= 4 is 29.6 Å². The smallest absolute Gasteiger partial charge is 0.394 e. The first-order valence-corrected chi connectivity index (χ1v) is 10.1. The Hall–Kier alpha value is -2.02. The van der Waals surface area contributed by atoms with Gasteiger partial charge in [0.1, 0.15) is 6.04 Å². The Labute approximate surface area is 165 Å². The van der Waals surface area contributed by atoms with Gasteiger partial charge in [0.15, 0.2) is 0 Å². The van der Waals surface area contributed by atoms with E-state index in [1.54, 1.807) is 0 Å². The number of carbonyl (C=O) groups is 3. The van der Waals surface area contributed by atoms with Crippen LogP contribution < -0.4 is 5.32 Å². The molecular formula is C20H31NO5S. The van der Waals surface area contributed by atoms with Crippen LogP contribution in [0.5, 0.6) is 0 Å². The molecule has 0 aliphatic carbocycles. The largest absolute Gasteiger partial charge is 0.480 e. The second-order valence-electron chi connectivity index (χ2n) is 6.67. The first-order valence-electron chi connectivity index (χ1n) is 8.92. The topological polar surface area (TPSA) is 104 Å². The molecule has 0 spiro atoms. The number of aliphatic carboxylic acids is 2. The molecule has 1 unspecified atom stereocenters. The number of hydrogen-bond donors (Lipinski definition) is 3. The Morgan fingerprint density at radius 2 is 1.48 bits per heavy atom. The predicted octanol–water partition coefficient (Wildman–Crippen LogP) is 3.79. The van der Waals surface area contributed by atoms with E-state index >= 15 is 0 Å². The Bertz CT molecular complexity index is 603. The molecule has 0 saturated heterocycles. The van der Waals surface area contributed by atoms with Gasteiger partial charge in [0, 0.05) is 11.5 Å². The van der Waals surface area contributed by atoms with E-state index in [4.69, 9.17) is 10.2 Å².